The molecule has 0 aromatic heterocycles. The van der Waals surface area contributed by atoms with Gasteiger partial charge in [-0.05, 0) is 18.4 Å². The Bertz CT molecular complexity index is 282. The highest BCUT2D eigenvalue weighted by molar-refractivity contribution is 5.76. The lowest BCUT2D eigenvalue weighted by atomic mass is 10.1. The summed E-state index contributed by atoms with van der Waals surface area (Å²) in [5.74, 6) is 0.297. The molecule has 6 heteroatoms. The summed E-state index contributed by atoms with van der Waals surface area (Å²) in [6.07, 6.45) is 5.90. The zero-order chi connectivity index (χ0) is 13.1. The second kappa shape index (κ2) is 9.74. The number of amides is 1. The van der Waals surface area contributed by atoms with Crippen LogP contribution in [0.3, 0.4) is 0 Å². The first-order valence-electron chi connectivity index (χ1n) is 6.84. The van der Waals surface area contributed by atoms with Crippen molar-refractivity contribution in [1.82, 2.24) is 10.2 Å². The zero-order valence-corrected chi connectivity index (χ0v) is 11.0. The number of rotatable bonds is 8. The molecular formula is C12H23N5O. The molecule has 0 spiro atoms. The third-order valence-electron chi connectivity index (χ3n) is 3.18. The van der Waals surface area contributed by atoms with Crippen molar-refractivity contribution in [2.75, 3.05) is 32.7 Å². The monoisotopic (exact) mass is 253 g/mol. The third kappa shape index (κ3) is 6.47. The molecule has 0 aromatic carbocycles. The molecule has 1 aliphatic heterocycles. The average Bonchev–Trinajstić information content (AvgIpc) is 2.42. The number of nitrogens with zero attached hydrogens (tertiary/aromatic N) is 4. The normalized spacial score (nSPS) is 15.2. The van der Waals surface area contributed by atoms with E-state index >= 15 is 0 Å². The predicted molar refractivity (Wildman–Crippen MR) is 71.2 cm³/mol. The summed E-state index contributed by atoms with van der Waals surface area (Å²) >= 11 is 0. The van der Waals surface area contributed by atoms with Crippen LogP contribution in [-0.2, 0) is 4.79 Å². The summed E-state index contributed by atoms with van der Waals surface area (Å²) in [7, 11) is 0. The van der Waals surface area contributed by atoms with Gasteiger partial charge in [-0.25, -0.2) is 0 Å². The number of nitrogens with one attached hydrogen (secondary N) is 1. The van der Waals surface area contributed by atoms with Gasteiger partial charge < -0.3 is 10.2 Å². The Morgan fingerprint density at radius 3 is 2.56 bits per heavy atom. The van der Waals surface area contributed by atoms with E-state index in [-0.39, 0.29) is 0 Å². The molecule has 1 rings (SSSR count). The van der Waals surface area contributed by atoms with Crippen molar-refractivity contribution in [3.63, 3.8) is 0 Å². The Balaban J connectivity index is 1.93. The highest BCUT2D eigenvalue weighted by atomic mass is 16.2. The van der Waals surface area contributed by atoms with Crippen LogP contribution in [-0.4, -0.2) is 43.5 Å². The van der Waals surface area contributed by atoms with Crippen molar-refractivity contribution in [2.45, 2.75) is 38.5 Å². The van der Waals surface area contributed by atoms with Crippen LogP contribution in [0.1, 0.15) is 38.5 Å². The first-order valence-corrected chi connectivity index (χ1v) is 6.84. The average molecular weight is 253 g/mol. The molecule has 0 radical (unpaired) electrons. The van der Waals surface area contributed by atoms with Crippen LogP contribution in [0, 0.1) is 0 Å². The molecule has 1 saturated heterocycles. The van der Waals surface area contributed by atoms with Gasteiger partial charge in [0.2, 0.25) is 5.91 Å². The molecule has 0 aromatic rings. The minimum atomic E-state index is 0.297. The molecule has 0 saturated carbocycles. The Morgan fingerprint density at radius 1 is 1.17 bits per heavy atom. The molecule has 18 heavy (non-hydrogen) atoms. The molecule has 1 N–H and O–H groups in total. The van der Waals surface area contributed by atoms with Crippen LogP contribution in [0.2, 0.25) is 0 Å². The van der Waals surface area contributed by atoms with E-state index in [9.17, 15) is 4.79 Å². The first-order chi connectivity index (χ1) is 8.84. The van der Waals surface area contributed by atoms with E-state index in [4.69, 9.17) is 5.53 Å². The number of unbranched alkanes of at least 4 members (excludes halogenated alkanes) is 4. The summed E-state index contributed by atoms with van der Waals surface area (Å²) in [5, 5.41) is 6.73. The number of carbonyl (C=O) groups is 1. The van der Waals surface area contributed by atoms with Gasteiger partial charge in [-0.3, -0.25) is 4.79 Å². The topological polar surface area (TPSA) is 81.1 Å². The van der Waals surface area contributed by atoms with E-state index in [0.717, 1.165) is 58.3 Å². The maximum absolute atomic E-state index is 11.8. The minimum Gasteiger partial charge on any atom is -0.340 e. The maximum Gasteiger partial charge on any atom is 0.222 e. The smallest absolute Gasteiger partial charge is 0.222 e. The lowest BCUT2D eigenvalue weighted by molar-refractivity contribution is -0.131. The van der Waals surface area contributed by atoms with Gasteiger partial charge in [0.25, 0.3) is 0 Å². The first kappa shape index (κ1) is 14.8. The van der Waals surface area contributed by atoms with Crippen molar-refractivity contribution >= 4 is 5.91 Å². The highest BCUT2D eigenvalue weighted by Gasteiger charge is 2.14. The summed E-state index contributed by atoms with van der Waals surface area (Å²) in [6.45, 7) is 4.14. The second-order valence-corrected chi connectivity index (χ2v) is 4.60. The third-order valence-corrected chi connectivity index (χ3v) is 3.18. The Morgan fingerprint density at radius 2 is 1.83 bits per heavy atom. The summed E-state index contributed by atoms with van der Waals surface area (Å²) in [5.41, 5.74) is 8.10. The van der Waals surface area contributed by atoms with Crippen LogP contribution in [0.15, 0.2) is 5.11 Å². The van der Waals surface area contributed by atoms with Crippen LogP contribution in [0.4, 0.5) is 0 Å². The van der Waals surface area contributed by atoms with E-state index in [0.29, 0.717) is 18.9 Å². The van der Waals surface area contributed by atoms with E-state index in [1.807, 2.05) is 4.90 Å². The highest BCUT2D eigenvalue weighted by Crippen LogP contribution is 2.08. The maximum atomic E-state index is 11.8. The van der Waals surface area contributed by atoms with E-state index < -0.39 is 0 Å². The molecule has 6 nitrogen and oxygen atoms in total. The Kier molecular flexibility index (Phi) is 8.01. The molecule has 1 fully saturated rings. The molecule has 0 bridgehead atoms. The molecule has 0 unspecified atom stereocenters. The molecule has 0 atom stereocenters. The van der Waals surface area contributed by atoms with Crippen molar-refractivity contribution in [1.29, 1.82) is 0 Å². The predicted octanol–water partition coefficient (Wildman–Crippen LogP) is 2.07. The molecule has 102 valence electrons. The van der Waals surface area contributed by atoms with Crippen LogP contribution in [0.25, 0.3) is 10.4 Å². The van der Waals surface area contributed by atoms with Crippen molar-refractivity contribution in [2.24, 2.45) is 5.11 Å². The molecule has 1 aliphatic rings. The lowest BCUT2D eigenvalue weighted by Gasteiger charge is -2.27. The summed E-state index contributed by atoms with van der Waals surface area (Å²) in [6, 6.07) is 0. The fourth-order valence-electron chi connectivity index (χ4n) is 2.11. The fraction of sp³-hybridized carbons (Fsp3) is 0.917. The number of hydrogen-bond acceptors (Lipinski definition) is 3. The van der Waals surface area contributed by atoms with Gasteiger partial charge in [0.1, 0.15) is 0 Å². The standard InChI is InChI=1S/C12H23N5O/c13-16-15-7-5-3-1-2-4-6-12(18)17-10-8-14-9-11-17/h14H,1-11H2. The van der Waals surface area contributed by atoms with Crippen LogP contribution in [0.5, 0.6) is 0 Å². The molecule has 1 amide bonds. The van der Waals surface area contributed by atoms with E-state index in [1.165, 1.54) is 0 Å². The number of piperazine rings is 1. The quantitative estimate of drug-likeness (QED) is 0.311. The Labute approximate surface area is 108 Å². The lowest BCUT2D eigenvalue weighted by Crippen LogP contribution is -2.46. The summed E-state index contributed by atoms with van der Waals surface area (Å²) in [4.78, 5) is 16.5. The molecular weight excluding hydrogens is 230 g/mol. The van der Waals surface area contributed by atoms with Gasteiger partial charge in [0.15, 0.2) is 0 Å². The van der Waals surface area contributed by atoms with Crippen molar-refractivity contribution in [3.05, 3.63) is 10.4 Å². The fourth-order valence-corrected chi connectivity index (χ4v) is 2.11. The van der Waals surface area contributed by atoms with E-state index in [2.05, 4.69) is 15.3 Å². The van der Waals surface area contributed by atoms with Gasteiger partial charge in [-0.2, -0.15) is 0 Å². The second-order valence-electron chi connectivity index (χ2n) is 4.60. The van der Waals surface area contributed by atoms with Crippen molar-refractivity contribution < 1.29 is 4.79 Å². The van der Waals surface area contributed by atoms with Crippen molar-refractivity contribution in [3.8, 4) is 0 Å². The zero-order valence-electron chi connectivity index (χ0n) is 11.0. The van der Waals surface area contributed by atoms with Gasteiger partial charge in [0, 0.05) is 44.1 Å². The van der Waals surface area contributed by atoms with Gasteiger partial charge >= 0.3 is 0 Å². The van der Waals surface area contributed by atoms with Gasteiger partial charge in [0.05, 0.1) is 0 Å². The minimum absolute atomic E-state index is 0.297. The number of hydrogen-bond donors (Lipinski definition) is 1. The molecule has 0 aliphatic carbocycles. The van der Waals surface area contributed by atoms with Crippen LogP contribution >= 0.6 is 0 Å². The van der Waals surface area contributed by atoms with Crippen LogP contribution < -0.4 is 5.32 Å². The van der Waals surface area contributed by atoms with Gasteiger partial charge in [-0.15, -0.1) is 0 Å². The van der Waals surface area contributed by atoms with E-state index in [1.54, 1.807) is 0 Å². The summed E-state index contributed by atoms with van der Waals surface area (Å²) < 4.78 is 0. The largest absolute Gasteiger partial charge is 0.340 e. The number of carbonyl (C=O) groups excluding carboxylic acids is 1. The molecule has 1 heterocycles. The van der Waals surface area contributed by atoms with Gasteiger partial charge in [-0.1, -0.05) is 24.4 Å². The Hall–Kier alpha value is -1.26. The number of azide groups is 1. The SMILES string of the molecule is [N-]=[N+]=NCCCCCCCC(=O)N1CCNCC1.